The van der Waals surface area contributed by atoms with Gasteiger partial charge in [0.2, 0.25) is 5.91 Å². The van der Waals surface area contributed by atoms with E-state index in [1.54, 1.807) is 4.90 Å². The van der Waals surface area contributed by atoms with E-state index in [0.717, 1.165) is 0 Å². The van der Waals surface area contributed by atoms with Gasteiger partial charge in [0, 0.05) is 32.1 Å². The third-order valence-corrected chi connectivity index (χ3v) is 4.70. The van der Waals surface area contributed by atoms with E-state index in [2.05, 4.69) is 0 Å². The molecule has 0 aliphatic carbocycles. The van der Waals surface area contributed by atoms with Crippen LogP contribution in [-0.2, 0) is 4.79 Å². The summed E-state index contributed by atoms with van der Waals surface area (Å²) in [6.07, 6.45) is 1.21. The first kappa shape index (κ1) is 17.7. The molecule has 1 aromatic rings. The van der Waals surface area contributed by atoms with Crippen molar-refractivity contribution in [3.63, 3.8) is 0 Å². The van der Waals surface area contributed by atoms with Crippen molar-refractivity contribution >= 4 is 23.4 Å². The van der Waals surface area contributed by atoms with Gasteiger partial charge in [-0.05, 0) is 38.8 Å². The van der Waals surface area contributed by atoms with Gasteiger partial charge in [-0.1, -0.05) is 17.7 Å². The van der Waals surface area contributed by atoms with E-state index in [9.17, 15) is 14.0 Å². The average Bonchev–Trinajstić information content (AvgIpc) is 2.55. The van der Waals surface area contributed by atoms with Crippen LogP contribution in [0, 0.1) is 11.7 Å². The number of benzene rings is 1. The lowest BCUT2D eigenvalue weighted by Crippen LogP contribution is -2.44. The molecule has 1 aliphatic rings. The van der Waals surface area contributed by atoms with Crippen LogP contribution in [0.3, 0.4) is 0 Å². The third-order valence-electron chi connectivity index (χ3n) is 4.38. The number of rotatable bonds is 4. The van der Waals surface area contributed by atoms with E-state index in [-0.39, 0.29) is 22.4 Å². The largest absolute Gasteiger partial charge is 0.343 e. The van der Waals surface area contributed by atoms with Crippen LogP contribution in [-0.4, -0.2) is 47.8 Å². The number of amides is 2. The van der Waals surface area contributed by atoms with Gasteiger partial charge in [0.25, 0.3) is 5.91 Å². The van der Waals surface area contributed by atoms with Crippen LogP contribution in [0.4, 0.5) is 4.39 Å². The Balaban J connectivity index is 2.02. The molecule has 2 rings (SSSR count). The number of piperidine rings is 1. The summed E-state index contributed by atoms with van der Waals surface area (Å²) in [5.41, 5.74) is -0.0808. The lowest BCUT2D eigenvalue weighted by atomic mass is 9.94. The van der Waals surface area contributed by atoms with Gasteiger partial charge in [0.1, 0.15) is 5.82 Å². The van der Waals surface area contributed by atoms with Gasteiger partial charge < -0.3 is 9.80 Å². The Morgan fingerprint density at radius 1 is 1.26 bits per heavy atom. The maximum absolute atomic E-state index is 13.9. The molecule has 2 amide bonds. The van der Waals surface area contributed by atoms with Crippen molar-refractivity contribution in [2.75, 3.05) is 26.2 Å². The summed E-state index contributed by atoms with van der Waals surface area (Å²) in [5, 5.41) is 0.122. The van der Waals surface area contributed by atoms with Crippen molar-refractivity contribution in [2.45, 2.75) is 26.7 Å². The van der Waals surface area contributed by atoms with Crippen molar-refractivity contribution < 1.29 is 14.0 Å². The fraction of sp³-hybridized carbons (Fsp3) is 0.529. The molecule has 1 heterocycles. The number of hydrogen-bond donors (Lipinski definition) is 0. The number of halogens is 2. The standard InChI is InChI=1S/C17H22ClFN2O2/c1-3-20(4-2)16(22)12-8-10-21(11-9-12)17(23)15-13(18)6-5-7-14(15)19/h5-7,12H,3-4,8-11H2,1-2H3. The Kier molecular flexibility index (Phi) is 5.99. The minimum absolute atomic E-state index is 0.0601. The molecule has 1 aliphatic heterocycles. The summed E-state index contributed by atoms with van der Waals surface area (Å²) in [7, 11) is 0. The zero-order valence-electron chi connectivity index (χ0n) is 13.5. The van der Waals surface area contributed by atoms with E-state index in [4.69, 9.17) is 11.6 Å². The van der Waals surface area contributed by atoms with Gasteiger partial charge in [0.05, 0.1) is 10.6 Å². The monoisotopic (exact) mass is 340 g/mol. The van der Waals surface area contributed by atoms with Crippen LogP contribution in [0.2, 0.25) is 5.02 Å². The highest BCUT2D eigenvalue weighted by Crippen LogP contribution is 2.25. The Morgan fingerprint density at radius 2 is 1.87 bits per heavy atom. The lowest BCUT2D eigenvalue weighted by molar-refractivity contribution is -0.136. The quantitative estimate of drug-likeness (QED) is 0.844. The number of carbonyl (C=O) groups excluding carboxylic acids is 2. The predicted octanol–water partition coefficient (Wildman–Crippen LogP) is 3.20. The molecule has 0 spiro atoms. The van der Waals surface area contributed by atoms with Gasteiger partial charge >= 0.3 is 0 Å². The van der Waals surface area contributed by atoms with Crippen molar-refractivity contribution in [2.24, 2.45) is 5.92 Å². The average molecular weight is 341 g/mol. The highest BCUT2D eigenvalue weighted by atomic mass is 35.5. The molecule has 0 atom stereocenters. The summed E-state index contributed by atoms with van der Waals surface area (Å²) in [6.45, 7) is 6.20. The molecule has 0 bridgehead atoms. The van der Waals surface area contributed by atoms with Crippen LogP contribution in [0.1, 0.15) is 37.0 Å². The van der Waals surface area contributed by atoms with Crippen LogP contribution in [0.15, 0.2) is 18.2 Å². The summed E-state index contributed by atoms with van der Waals surface area (Å²) >= 11 is 5.95. The zero-order valence-corrected chi connectivity index (χ0v) is 14.3. The second kappa shape index (κ2) is 7.77. The Hall–Kier alpha value is -1.62. The van der Waals surface area contributed by atoms with Crippen LogP contribution in [0.5, 0.6) is 0 Å². The summed E-state index contributed by atoms with van der Waals surface area (Å²) in [4.78, 5) is 28.2. The van der Waals surface area contributed by atoms with E-state index >= 15 is 0 Å². The molecule has 6 heteroatoms. The number of hydrogen-bond acceptors (Lipinski definition) is 2. The lowest BCUT2D eigenvalue weighted by Gasteiger charge is -2.34. The maximum atomic E-state index is 13.9. The molecule has 0 aromatic heterocycles. The van der Waals surface area contributed by atoms with E-state index in [1.807, 2.05) is 18.7 Å². The smallest absolute Gasteiger partial charge is 0.258 e. The molecular weight excluding hydrogens is 319 g/mol. The first-order valence-electron chi connectivity index (χ1n) is 8.01. The molecule has 1 aromatic carbocycles. The molecule has 0 saturated carbocycles. The summed E-state index contributed by atoms with van der Waals surface area (Å²) in [6, 6.07) is 4.22. The molecule has 1 fully saturated rings. The topological polar surface area (TPSA) is 40.6 Å². The van der Waals surface area contributed by atoms with E-state index < -0.39 is 11.7 Å². The van der Waals surface area contributed by atoms with Crippen molar-refractivity contribution in [1.29, 1.82) is 0 Å². The summed E-state index contributed by atoms with van der Waals surface area (Å²) in [5.74, 6) is -0.924. The number of nitrogens with zero attached hydrogens (tertiary/aromatic N) is 2. The van der Waals surface area contributed by atoms with Crippen molar-refractivity contribution in [3.8, 4) is 0 Å². The normalized spacial score (nSPS) is 15.6. The highest BCUT2D eigenvalue weighted by molar-refractivity contribution is 6.33. The van der Waals surface area contributed by atoms with Crippen LogP contribution >= 0.6 is 11.6 Å². The zero-order chi connectivity index (χ0) is 17.0. The van der Waals surface area contributed by atoms with Gasteiger partial charge in [-0.2, -0.15) is 0 Å². The molecule has 126 valence electrons. The molecule has 0 N–H and O–H groups in total. The SMILES string of the molecule is CCN(CC)C(=O)C1CCN(C(=O)c2c(F)cccc2Cl)CC1. The van der Waals surface area contributed by atoms with Crippen molar-refractivity contribution in [3.05, 3.63) is 34.6 Å². The Bertz CT molecular complexity index is 562. The fourth-order valence-corrected chi connectivity index (χ4v) is 3.23. The summed E-state index contributed by atoms with van der Waals surface area (Å²) < 4.78 is 13.9. The molecule has 1 saturated heterocycles. The Morgan fingerprint density at radius 3 is 2.39 bits per heavy atom. The minimum Gasteiger partial charge on any atom is -0.343 e. The van der Waals surface area contributed by atoms with Crippen molar-refractivity contribution in [1.82, 2.24) is 9.80 Å². The minimum atomic E-state index is -0.608. The molecule has 0 unspecified atom stereocenters. The third kappa shape index (κ3) is 3.83. The molecule has 4 nitrogen and oxygen atoms in total. The predicted molar refractivity (Wildman–Crippen MR) is 88.0 cm³/mol. The maximum Gasteiger partial charge on any atom is 0.258 e. The number of carbonyl (C=O) groups is 2. The van der Waals surface area contributed by atoms with Gasteiger partial charge in [-0.3, -0.25) is 9.59 Å². The molecule has 0 radical (unpaired) electrons. The first-order chi connectivity index (χ1) is 11.0. The van der Waals surface area contributed by atoms with Gasteiger partial charge in [-0.25, -0.2) is 4.39 Å². The first-order valence-corrected chi connectivity index (χ1v) is 8.39. The number of likely N-dealkylation sites (tertiary alicyclic amines) is 1. The Labute approximate surface area is 141 Å². The van der Waals surface area contributed by atoms with E-state index in [1.165, 1.54) is 18.2 Å². The fourth-order valence-electron chi connectivity index (χ4n) is 2.98. The van der Waals surface area contributed by atoms with Crippen LogP contribution in [0.25, 0.3) is 0 Å². The highest BCUT2D eigenvalue weighted by Gasteiger charge is 2.31. The molecule has 23 heavy (non-hydrogen) atoms. The van der Waals surface area contributed by atoms with E-state index in [0.29, 0.717) is 39.0 Å². The van der Waals surface area contributed by atoms with Gasteiger partial charge in [-0.15, -0.1) is 0 Å². The van der Waals surface area contributed by atoms with Crippen LogP contribution < -0.4 is 0 Å². The second-order valence-corrected chi connectivity index (χ2v) is 6.08. The molecular formula is C17H22ClFN2O2. The second-order valence-electron chi connectivity index (χ2n) is 5.67. The van der Waals surface area contributed by atoms with Gasteiger partial charge in [0.15, 0.2) is 0 Å².